The van der Waals surface area contributed by atoms with Crippen LogP contribution in [0.3, 0.4) is 0 Å². The molecule has 1 aliphatic heterocycles. The molecule has 0 bridgehead atoms. The highest BCUT2D eigenvalue weighted by molar-refractivity contribution is 6.34. The van der Waals surface area contributed by atoms with E-state index in [1.54, 1.807) is 6.07 Å². The van der Waals surface area contributed by atoms with Crippen molar-refractivity contribution in [3.63, 3.8) is 0 Å². The number of rotatable bonds is 3. The maximum atomic E-state index is 12.2. The van der Waals surface area contributed by atoms with Gasteiger partial charge in [0.15, 0.2) is 0 Å². The van der Waals surface area contributed by atoms with Gasteiger partial charge in [0.1, 0.15) is 0 Å². The van der Waals surface area contributed by atoms with Crippen LogP contribution in [-0.2, 0) is 24.2 Å². The zero-order valence-electron chi connectivity index (χ0n) is 17.5. The van der Waals surface area contributed by atoms with Crippen LogP contribution in [0.25, 0.3) is 16.7 Å². The highest BCUT2D eigenvalue weighted by Gasteiger charge is 2.33. The highest BCUT2D eigenvalue weighted by atomic mass is 35.5. The van der Waals surface area contributed by atoms with E-state index in [9.17, 15) is 9.59 Å². The smallest absolute Gasteiger partial charge is 0.249 e. The van der Waals surface area contributed by atoms with Gasteiger partial charge in [-0.25, -0.2) is 0 Å². The van der Waals surface area contributed by atoms with Gasteiger partial charge in [-0.15, -0.1) is 0 Å². The zero-order chi connectivity index (χ0) is 21.7. The van der Waals surface area contributed by atoms with Gasteiger partial charge in [0.25, 0.3) is 0 Å². The Morgan fingerprint density at radius 2 is 1.90 bits per heavy atom. The molecule has 158 valence electrons. The van der Waals surface area contributed by atoms with Crippen LogP contribution in [0.1, 0.15) is 58.3 Å². The van der Waals surface area contributed by atoms with Crippen LogP contribution in [-0.4, -0.2) is 23.3 Å². The van der Waals surface area contributed by atoms with E-state index in [-0.39, 0.29) is 5.91 Å². The van der Waals surface area contributed by atoms with Gasteiger partial charge in [-0.2, -0.15) is 0 Å². The summed E-state index contributed by atoms with van der Waals surface area (Å²) in [5, 5.41) is 0.574. The van der Waals surface area contributed by atoms with Crippen molar-refractivity contribution < 1.29 is 9.59 Å². The van der Waals surface area contributed by atoms with Crippen LogP contribution >= 0.6 is 11.6 Å². The van der Waals surface area contributed by atoms with Crippen molar-refractivity contribution in [3.8, 4) is 11.1 Å². The van der Waals surface area contributed by atoms with Crippen molar-refractivity contribution in [1.29, 1.82) is 0 Å². The van der Waals surface area contributed by atoms with Crippen LogP contribution in [0, 0.1) is 0 Å². The number of carbonyl (C=O) groups is 2. The average Bonchev–Trinajstić information content (AvgIpc) is 3.16. The molecule has 0 saturated carbocycles. The summed E-state index contributed by atoms with van der Waals surface area (Å²) in [4.78, 5) is 26.2. The molecule has 0 radical (unpaired) electrons. The predicted octanol–water partition coefficient (Wildman–Crippen LogP) is 5.06. The summed E-state index contributed by atoms with van der Waals surface area (Å²) < 4.78 is 0. The number of primary amides is 1. The molecule has 5 heteroatoms. The van der Waals surface area contributed by atoms with E-state index in [1.165, 1.54) is 29.2 Å². The van der Waals surface area contributed by atoms with Crippen molar-refractivity contribution in [3.05, 3.63) is 75.3 Å². The first-order chi connectivity index (χ1) is 15.0. The maximum absolute atomic E-state index is 12.2. The van der Waals surface area contributed by atoms with Gasteiger partial charge in [-0.3, -0.25) is 9.59 Å². The molecule has 2 aromatic rings. The van der Waals surface area contributed by atoms with E-state index in [2.05, 4.69) is 18.7 Å². The SMILES string of the molecule is C=CC(=O)N1CCc2c(cccc2-c2c(Cl)cc(C(N)=O)c3c2C2=C(CCCC2)C3)C1. The molecular formula is C26H25ClN2O2. The van der Waals surface area contributed by atoms with Gasteiger partial charge in [-0.05, 0) is 84.1 Å². The van der Waals surface area contributed by atoms with E-state index >= 15 is 0 Å². The lowest BCUT2D eigenvalue weighted by Gasteiger charge is -2.30. The van der Waals surface area contributed by atoms with Crippen molar-refractivity contribution in [2.75, 3.05) is 6.54 Å². The van der Waals surface area contributed by atoms with Crippen LogP contribution in [0.5, 0.6) is 0 Å². The van der Waals surface area contributed by atoms with E-state index in [0.29, 0.717) is 23.7 Å². The highest BCUT2D eigenvalue weighted by Crippen LogP contribution is 2.50. The molecule has 3 aliphatic rings. The number of benzene rings is 2. The number of halogens is 1. The third-order valence-corrected chi connectivity index (χ3v) is 7.25. The van der Waals surface area contributed by atoms with Gasteiger partial charge < -0.3 is 10.6 Å². The minimum Gasteiger partial charge on any atom is -0.366 e. The Labute approximate surface area is 187 Å². The minimum atomic E-state index is -0.418. The fraction of sp³-hybridized carbons (Fsp3) is 0.308. The molecule has 0 fully saturated rings. The van der Waals surface area contributed by atoms with E-state index in [1.807, 2.05) is 11.0 Å². The monoisotopic (exact) mass is 432 g/mol. The Balaban J connectivity index is 1.71. The molecule has 31 heavy (non-hydrogen) atoms. The van der Waals surface area contributed by atoms with Crippen LogP contribution < -0.4 is 5.73 Å². The molecule has 0 atom stereocenters. The molecule has 5 rings (SSSR count). The largest absolute Gasteiger partial charge is 0.366 e. The summed E-state index contributed by atoms with van der Waals surface area (Å²) in [7, 11) is 0. The molecule has 0 saturated heterocycles. The predicted molar refractivity (Wildman–Crippen MR) is 124 cm³/mol. The van der Waals surface area contributed by atoms with E-state index in [0.717, 1.165) is 59.9 Å². The van der Waals surface area contributed by atoms with Crippen molar-refractivity contribution in [2.45, 2.75) is 45.1 Å². The molecule has 4 nitrogen and oxygen atoms in total. The van der Waals surface area contributed by atoms with Crippen molar-refractivity contribution >= 4 is 29.0 Å². The number of hydrogen-bond donors (Lipinski definition) is 1. The van der Waals surface area contributed by atoms with Gasteiger partial charge in [0.2, 0.25) is 11.8 Å². The third-order valence-electron chi connectivity index (χ3n) is 6.95. The van der Waals surface area contributed by atoms with Crippen molar-refractivity contribution in [1.82, 2.24) is 4.90 Å². The summed E-state index contributed by atoms with van der Waals surface area (Å²) in [6.07, 6.45) is 7.37. The second-order valence-electron chi connectivity index (χ2n) is 8.62. The molecule has 1 heterocycles. The summed E-state index contributed by atoms with van der Waals surface area (Å²) in [6.45, 7) is 4.84. The zero-order valence-corrected chi connectivity index (χ0v) is 18.2. The first-order valence-corrected chi connectivity index (χ1v) is 11.3. The normalized spacial score (nSPS) is 17.1. The quantitative estimate of drug-likeness (QED) is 0.689. The number of hydrogen-bond acceptors (Lipinski definition) is 2. The van der Waals surface area contributed by atoms with Crippen LogP contribution in [0.4, 0.5) is 0 Å². The number of allylic oxidation sites excluding steroid dienone is 2. The Hall–Kier alpha value is -2.85. The molecule has 0 aromatic heterocycles. The molecule has 0 spiro atoms. The summed E-state index contributed by atoms with van der Waals surface area (Å²) >= 11 is 6.86. The fourth-order valence-electron chi connectivity index (χ4n) is 5.53. The van der Waals surface area contributed by atoms with Gasteiger partial charge in [0.05, 0.1) is 0 Å². The van der Waals surface area contributed by atoms with Gasteiger partial charge >= 0.3 is 0 Å². The lowest BCUT2D eigenvalue weighted by molar-refractivity contribution is -0.126. The van der Waals surface area contributed by atoms with E-state index < -0.39 is 5.91 Å². The van der Waals surface area contributed by atoms with Crippen LogP contribution in [0.2, 0.25) is 5.02 Å². The summed E-state index contributed by atoms with van der Waals surface area (Å²) in [6, 6.07) is 7.99. The molecule has 2 aromatic carbocycles. The Kier molecular flexibility index (Phi) is 4.98. The molecule has 2 N–H and O–H groups in total. The Morgan fingerprint density at radius 3 is 2.68 bits per heavy atom. The standard InChI is InChI=1S/C26H25ClN2O2/c1-2-23(30)29-11-10-17-16(14-29)7-5-9-19(17)25-22(27)13-21(26(28)31)20-12-15-6-3-4-8-18(15)24(20)25/h2,5,7,9,13H,1,3-4,6,8,10-12,14H2,(H2,28,31). The van der Waals surface area contributed by atoms with E-state index in [4.69, 9.17) is 17.3 Å². The number of carbonyl (C=O) groups excluding carboxylic acids is 2. The fourth-order valence-corrected chi connectivity index (χ4v) is 5.84. The minimum absolute atomic E-state index is 0.0437. The lowest BCUT2D eigenvalue weighted by atomic mass is 9.83. The Bertz CT molecular complexity index is 1180. The van der Waals surface area contributed by atoms with Crippen LogP contribution in [0.15, 0.2) is 42.5 Å². The number of nitrogens with two attached hydrogens (primary N) is 1. The Morgan fingerprint density at radius 1 is 1.10 bits per heavy atom. The summed E-state index contributed by atoms with van der Waals surface area (Å²) in [5.41, 5.74) is 15.8. The topological polar surface area (TPSA) is 63.4 Å². The number of nitrogens with zero attached hydrogens (tertiary/aromatic N) is 1. The first-order valence-electron chi connectivity index (χ1n) is 10.9. The van der Waals surface area contributed by atoms with Crippen molar-refractivity contribution in [2.24, 2.45) is 5.73 Å². The average molecular weight is 433 g/mol. The maximum Gasteiger partial charge on any atom is 0.249 e. The second-order valence-corrected chi connectivity index (χ2v) is 9.03. The second kappa shape index (κ2) is 7.69. The number of amides is 2. The first kappa shape index (κ1) is 20.1. The lowest BCUT2D eigenvalue weighted by Crippen LogP contribution is -2.34. The van der Waals surface area contributed by atoms with Gasteiger partial charge in [0, 0.05) is 29.2 Å². The van der Waals surface area contributed by atoms with Gasteiger partial charge in [-0.1, -0.05) is 42.0 Å². The third kappa shape index (κ3) is 3.21. The number of fused-ring (bicyclic) bond motifs is 3. The summed E-state index contributed by atoms with van der Waals surface area (Å²) in [5.74, 6) is -0.462. The molecule has 2 aliphatic carbocycles. The molecule has 2 amide bonds. The molecular weight excluding hydrogens is 408 g/mol. The molecule has 0 unspecified atom stereocenters.